The summed E-state index contributed by atoms with van der Waals surface area (Å²) in [6.07, 6.45) is 3.78. The van der Waals surface area contributed by atoms with E-state index in [4.69, 9.17) is 16.7 Å². The van der Waals surface area contributed by atoms with Gasteiger partial charge in [0.05, 0.1) is 35.4 Å². The first-order chi connectivity index (χ1) is 15.4. The summed E-state index contributed by atoms with van der Waals surface area (Å²) in [7, 11) is 0. The highest BCUT2D eigenvalue weighted by atomic mass is 35.5. The molecule has 0 radical (unpaired) electrons. The molecule has 4 rings (SSSR count). The number of carboxylic acids is 1. The normalized spacial score (nSPS) is 10.9. The van der Waals surface area contributed by atoms with Crippen LogP contribution < -0.4 is 5.32 Å². The van der Waals surface area contributed by atoms with Crippen molar-refractivity contribution in [2.24, 2.45) is 0 Å². The lowest BCUT2D eigenvalue weighted by Crippen LogP contribution is -2.24. The van der Waals surface area contributed by atoms with Crippen LogP contribution in [0.4, 0.5) is 0 Å². The van der Waals surface area contributed by atoms with E-state index in [-0.39, 0.29) is 23.7 Å². The van der Waals surface area contributed by atoms with E-state index < -0.39 is 5.97 Å². The summed E-state index contributed by atoms with van der Waals surface area (Å²) in [4.78, 5) is 23.6. The van der Waals surface area contributed by atoms with E-state index in [1.807, 2.05) is 37.4 Å². The Hall–Kier alpha value is -3.50. The van der Waals surface area contributed by atoms with E-state index in [0.29, 0.717) is 22.1 Å². The lowest BCUT2D eigenvalue weighted by Gasteiger charge is -2.06. The van der Waals surface area contributed by atoms with Crippen LogP contribution >= 0.6 is 22.9 Å². The molecule has 4 aromatic rings. The Morgan fingerprint density at radius 2 is 2.16 bits per heavy atom. The van der Waals surface area contributed by atoms with Crippen molar-refractivity contribution in [1.82, 2.24) is 30.5 Å². The van der Waals surface area contributed by atoms with Crippen molar-refractivity contribution in [1.29, 1.82) is 0 Å². The molecule has 11 heteroatoms. The van der Waals surface area contributed by atoms with Gasteiger partial charge >= 0.3 is 5.97 Å². The maximum atomic E-state index is 12.4. The molecule has 9 nitrogen and oxygen atoms in total. The van der Waals surface area contributed by atoms with Crippen LogP contribution in [0.5, 0.6) is 0 Å². The first-order valence-corrected chi connectivity index (χ1v) is 10.8. The Morgan fingerprint density at radius 3 is 2.88 bits per heavy atom. The SMILES string of the molecule is Cc1cn[nH]c1Cn1cc(-c2cccc(CC(=O)NCc3cc(C(=O)O)sc3Cl)c2)nn1. The second-order valence-corrected chi connectivity index (χ2v) is 8.86. The maximum Gasteiger partial charge on any atom is 0.345 e. The number of rotatable bonds is 8. The van der Waals surface area contributed by atoms with Crippen molar-refractivity contribution >= 4 is 34.8 Å². The van der Waals surface area contributed by atoms with Crippen LogP contribution in [0.2, 0.25) is 4.34 Å². The van der Waals surface area contributed by atoms with Crippen molar-refractivity contribution in [2.75, 3.05) is 0 Å². The van der Waals surface area contributed by atoms with Gasteiger partial charge in [-0.15, -0.1) is 16.4 Å². The summed E-state index contributed by atoms with van der Waals surface area (Å²) in [5.74, 6) is -1.23. The number of H-pyrrole nitrogens is 1. The summed E-state index contributed by atoms with van der Waals surface area (Å²) < 4.78 is 2.09. The van der Waals surface area contributed by atoms with E-state index in [1.54, 1.807) is 10.9 Å². The van der Waals surface area contributed by atoms with Crippen molar-refractivity contribution in [2.45, 2.75) is 26.4 Å². The van der Waals surface area contributed by atoms with Crippen molar-refractivity contribution in [3.63, 3.8) is 0 Å². The summed E-state index contributed by atoms with van der Waals surface area (Å²) in [5, 5.41) is 27.2. The Labute approximate surface area is 192 Å². The van der Waals surface area contributed by atoms with Crippen LogP contribution in [-0.2, 0) is 24.3 Å². The summed E-state index contributed by atoms with van der Waals surface area (Å²) in [6, 6.07) is 9.02. The Morgan fingerprint density at radius 1 is 1.31 bits per heavy atom. The smallest absolute Gasteiger partial charge is 0.345 e. The second-order valence-electron chi connectivity index (χ2n) is 7.20. The predicted molar refractivity (Wildman–Crippen MR) is 120 cm³/mol. The highest BCUT2D eigenvalue weighted by Gasteiger charge is 2.14. The van der Waals surface area contributed by atoms with Crippen molar-refractivity contribution in [3.8, 4) is 11.3 Å². The number of carbonyl (C=O) groups is 2. The number of aromatic nitrogens is 5. The highest BCUT2D eigenvalue weighted by Crippen LogP contribution is 2.27. The van der Waals surface area contributed by atoms with Gasteiger partial charge in [0.25, 0.3) is 0 Å². The number of benzene rings is 1. The van der Waals surface area contributed by atoms with Crippen LogP contribution in [0.25, 0.3) is 11.3 Å². The van der Waals surface area contributed by atoms with E-state index in [1.165, 1.54) is 6.07 Å². The largest absolute Gasteiger partial charge is 0.477 e. The van der Waals surface area contributed by atoms with Gasteiger partial charge in [-0.2, -0.15) is 5.10 Å². The molecular formula is C21H19ClN6O3S. The molecule has 0 aliphatic carbocycles. The minimum absolute atomic E-state index is 0.141. The molecule has 0 fully saturated rings. The van der Waals surface area contributed by atoms with Crippen LogP contribution in [0, 0.1) is 6.92 Å². The van der Waals surface area contributed by atoms with Crippen LogP contribution in [0.3, 0.4) is 0 Å². The second kappa shape index (κ2) is 9.33. The molecule has 0 saturated heterocycles. The van der Waals surface area contributed by atoms with Crippen molar-refractivity contribution < 1.29 is 14.7 Å². The number of aromatic amines is 1. The molecule has 1 amide bonds. The van der Waals surface area contributed by atoms with Gasteiger partial charge in [0.15, 0.2) is 0 Å². The van der Waals surface area contributed by atoms with E-state index in [0.717, 1.165) is 33.7 Å². The number of nitrogens with zero attached hydrogens (tertiary/aromatic N) is 4. The third-order valence-electron chi connectivity index (χ3n) is 4.82. The molecule has 0 spiro atoms. The Balaban J connectivity index is 1.38. The number of amides is 1. The molecule has 3 N–H and O–H groups in total. The molecule has 0 aliphatic heterocycles. The third-order valence-corrected chi connectivity index (χ3v) is 6.25. The minimum atomic E-state index is -1.04. The van der Waals surface area contributed by atoms with Gasteiger partial charge in [0.2, 0.25) is 5.91 Å². The fourth-order valence-electron chi connectivity index (χ4n) is 3.12. The monoisotopic (exact) mass is 470 g/mol. The summed E-state index contributed by atoms with van der Waals surface area (Å²) in [6.45, 7) is 2.68. The van der Waals surface area contributed by atoms with E-state index >= 15 is 0 Å². The Kier molecular flexibility index (Phi) is 6.33. The number of halogens is 1. The van der Waals surface area contributed by atoms with Gasteiger partial charge in [0.1, 0.15) is 10.6 Å². The molecule has 3 heterocycles. The fraction of sp³-hybridized carbons (Fsp3) is 0.190. The van der Waals surface area contributed by atoms with Gasteiger partial charge in [-0.1, -0.05) is 35.0 Å². The molecule has 164 valence electrons. The number of thiophene rings is 1. The predicted octanol–water partition coefficient (Wildman–Crippen LogP) is 3.30. The standard InChI is InChI=1S/C21H19ClN6O3S/c1-12-8-24-25-16(12)10-28-11-17(26-27-28)14-4-2-3-13(5-14)6-19(29)23-9-15-7-18(21(30)31)32-20(15)22/h2-5,7-8,11H,6,9-10H2,1H3,(H,23,29)(H,24,25)(H,30,31). The molecule has 1 aromatic carbocycles. The van der Waals surface area contributed by atoms with Gasteiger partial charge < -0.3 is 10.4 Å². The highest BCUT2D eigenvalue weighted by molar-refractivity contribution is 7.18. The zero-order valence-corrected chi connectivity index (χ0v) is 18.6. The average Bonchev–Trinajstić information content (AvgIpc) is 3.48. The van der Waals surface area contributed by atoms with E-state index in [9.17, 15) is 9.59 Å². The van der Waals surface area contributed by atoms with Gasteiger partial charge in [0, 0.05) is 17.7 Å². The molecule has 0 unspecified atom stereocenters. The summed E-state index contributed by atoms with van der Waals surface area (Å²) >= 11 is 7.04. The van der Waals surface area contributed by atoms with Gasteiger partial charge in [-0.25, -0.2) is 9.48 Å². The zero-order valence-electron chi connectivity index (χ0n) is 17.0. The molecule has 3 aromatic heterocycles. The number of carbonyl (C=O) groups excluding carboxylic acids is 1. The lowest BCUT2D eigenvalue weighted by molar-refractivity contribution is -0.120. The van der Waals surface area contributed by atoms with E-state index in [2.05, 4.69) is 25.8 Å². The fourth-order valence-corrected chi connectivity index (χ4v) is 4.23. The summed E-state index contributed by atoms with van der Waals surface area (Å²) in [5.41, 5.74) is 4.98. The third kappa shape index (κ3) is 5.04. The van der Waals surface area contributed by atoms with Crippen LogP contribution in [0.15, 0.2) is 42.7 Å². The lowest BCUT2D eigenvalue weighted by atomic mass is 10.1. The molecule has 32 heavy (non-hydrogen) atoms. The van der Waals surface area contributed by atoms with Crippen LogP contribution in [-0.4, -0.2) is 42.2 Å². The number of nitrogens with one attached hydrogen (secondary N) is 2. The molecule has 0 bridgehead atoms. The van der Waals surface area contributed by atoms with Crippen molar-refractivity contribution in [3.05, 3.63) is 74.3 Å². The number of hydrogen-bond acceptors (Lipinski definition) is 6. The first kappa shape index (κ1) is 21.7. The number of hydrogen-bond donors (Lipinski definition) is 3. The zero-order chi connectivity index (χ0) is 22.7. The Bertz CT molecular complexity index is 1280. The first-order valence-electron chi connectivity index (χ1n) is 9.65. The minimum Gasteiger partial charge on any atom is -0.477 e. The topological polar surface area (TPSA) is 126 Å². The molecule has 0 atom stereocenters. The average molecular weight is 471 g/mol. The number of carboxylic acid groups (broad SMARTS) is 1. The quantitative estimate of drug-likeness (QED) is 0.362. The number of aryl methyl sites for hydroxylation is 1. The van der Waals surface area contributed by atoms with Gasteiger partial charge in [-0.3, -0.25) is 9.89 Å². The van der Waals surface area contributed by atoms with Gasteiger partial charge in [-0.05, 0) is 30.2 Å². The van der Waals surface area contributed by atoms with Crippen LogP contribution in [0.1, 0.15) is 32.1 Å². The maximum absolute atomic E-state index is 12.4. The molecular weight excluding hydrogens is 452 g/mol. The molecule has 0 aliphatic rings. The molecule has 0 saturated carbocycles. The number of aromatic carboxylic acids is 1.